The molecule has 0 amide bonds. The quantitative estimate of drug-likeness (QED) is 0.504. The minimum atomic E-state index is -0.247. The van der Waals surface area contributed by atoms with Gasteiger partial charge in [0.2, 0.25) is 0 Å². The molecule has 31 heavy (non-hydrogen) atoms. The molecule has 0 fully saturated rings. The Hall–Kier alpha value is -3.59. The summed E-state index contributed by atoms with van der Waals surface area (Å²) in [6.07, 6.45) is 9.31. The fraction of sp³-hybridized carbons (Fsp3) is 0.179. The molecule has 2 aliphatic rings. The molecule has 3 aromatic rings. The second-order valence-corrected chi connectivity index (χ2v) is 8.61. The van der Waals surface area contributed by atoms with Gasteiger partial charge in [-0.2, -0.15) is 0 Å². The van der Waals surface area contributed by atoms with Crippen LogP contribution in [0.5, 0.6) is 5.75 Å². The molecule has 1 heterocycles. The summed E-state index contributed by atoms with van der Waals surface area (Å²) < 4.78 is 0. The first-order valence-corrected chi connectivity index (χ1v) is 10.7. The molecule has 3 heteroatoms. The molecule has 5 rings (SSSR count). The number of aromatic hydroxyl groups is 1. The smallest absolute Gasteiger partial charge is 0.125 e. The molecular formula is C28H26N2O. The number of phenolic OH excluding ortho intramolecular Hbond substituents is 1. The molecule has 0 saturated heterocycles. The van der Waals surface area contributed by atoms with Crippen molar-refractivity contribution in [3.8, 4) is 5.75 Å². The maximum atomic E-state index is 11.5. The largest absolute Gasteiger partial charge is 0.507 e. The molecule has 0 bridgehead atoms. The summed E-state index contributed by atoms with van der Waals surface area (Å²) in [6.45, 7) is 4.26. The lowest BCUT2D eigenvalue weighted by Crippen LogP contribution is -2.26. The Morgan fingerprint density at radius 3 is 2.65 bits per heavy atom. The minimum absolute atomic E-state index is 0.234. The van der Waals surface area contributed by atoms with Crippen molar-refractivity contribution in [1.82, 2.24) is 0 Å². The van der Waals surface area contributed by atoms with Crippen molar-refractivity contribution in [2.24, 2.45) is 4.99 Å². The molecule has 0 saturated carbocycles. The van der Waals surface area contributed by atoms with E-state index in [2.05, 4.69) is 67.7 Å². The summed E-state index contributed by atoms with van der Waals surface area (Å²) in [5.74, 6) is 0.335. The number of para-hydroxylation sites is 3. The third kappa shape index (κ3) is 3.46. The van der Waals surface area contributed by atoms with Gasteiger partial charge in [-0.25, -0.2) is 4.99 Å². The number of aliphatic imine (C=N–C) groups is 1. The van der Waals surface area contributed by atoms with Crippen molar-refractivity contribution in [3.05, 3.63) is 113 Å². The van der Waals surface area contributed by atoms with Crippen LogP contribution in [0.4, 0.5) is 11.4 Å². The van der Waals surface area contributed by atoms with Crippen LogP contribution in [0.1, 0.15) is 41.6 Å². The van der Waals surface area contributed by atoms with Crippen molar-refractivity contribution in [2.75, 3.05) is 5.32 Å². The molecule has 1 aliphatic carbocycles. The molecule has 2 unspecified atom stereocenters. The molecule has 3 nitrogen and oxygen atoms in total. The minimum Gasteiger partial charge on any atom is -0.507 e. The summed E-state index contributed by atoms with van der Waals surface area (Å²) >= 11 is 0. The first-order chi connectivity index (χ1) is 15.0. The number of rotatable bonds is 3. The van der Waals surface area contributed by atoms with Gasteiger partial charge in [-0.15, -0.1) is 0 Å². The van der Waals surface area contributed by atoms with Crippen LogP contribution in [0.2, 0.25) is 0 Å². The molecule has 2 atom stereocenters. The van der Waals surface area contributed by atoms with Gasteiger partial charge in [0, 0.05) is 16.5 Å². The number of anilines is 1. The Bertz CT molecular complexity index is 1240. The van der Waals surface area contributed by atoms with Gasteiger partial charge in [0.1, 0.15) is 5.75 Å². The van der Waals surface area contributed by atoms with E-state index in [-0.39, 0.29) is 11.5 Å². The van der Waals surface area contributed by atoms with Gasteiger partial charge in [0.15, 0.2) is 0 Å². The fourth-order valence-electron chi connectivity index (χ4n) is 4.55. The van der Waals surface area contributed by atoms with Crippen molar-refractivity contribution in [3.63, 3.8) is 0 Å². The number of fused-ring (bicyclic) bond motifs is 1. The van der Waals surface area contributed by atoms with E-state index in [1.807, 2.05) is 42.5 Å². The van der Waals surface area contributed by atoms with E-state index in [4.69, 9.17) is 4.99 Å². The Morgan fingerprint density at radius 2 is 1.84 bits per heavy atom. The molecule has 0 radical (unpaired) electrons. The Labute approximate surface area is 183 Å². The number of hydrogen-bond acceptors (Lipinski definition) is 3. The zero-order chi connectivity index (χ0) is 21.4. The van der Waals surface area contributed by atoms with Gasteiger partial charge in [0.05, 0.1) is 23.1 Å². The molecule has 0 aromatic heterocycles. The molecular weight excluding hydrogens is 380 g/mol. The third-order valence-electron chi connectivity index (χ3n) is 6.28. The number of hydrogen-bond donors (Lipinski definition) is 2. The van der Waals surface area contributed by atoms with Crippen LogP contribution in [-0.2, 0) is 5.41 Å². The van der Waals surface area contributed by atoms with Crippen molar-refractivity contribution < 1.29 is 5.11 Å². The van der Waals surface area contributed by atoms with E-state index < -0.39 is 0 Å². The van der Waals surface area contributed by atoms with E-state index in [1.165, 1.54) is 5.56 Å². The number of allylic oxidation sites excluding steroid dienone is 4. The van der Waals surface area contributed by atoms with Crippen LogP contribution >= 0.6 is 0 Å². The van der Waals surface area contributed by atoms with Crippen LogP contribution in [0.15, 0.2) is 96.0 Å². The third-order valence-corrected chi connectivity index (χ3v) is 6.28. The van der Waals surface area contributed by atoms with E-state index in [9.17, 15) is 5.11 Å². The zero-order valence-corrected chi connectivity index (χ0v) is 17.8. The van der Waals surface area contributed by atoms with Gasteiger partial charge in [-0.1, -0.05) is 91.4 Å². The van der Waals surface area contributed by atoms with Crippen LogP contribution < -0.4 is 5.32 Å². The average molecular weight is 407 g/mol. The van der Waals surface area contributed by atoms with E-state index in [1.54, 1.807) is 0 Å². The highest BCUT2D eigenvalue weighted by atomic mass is 16.3. The maximum Gasteiger partial charge on any atom is 0.125 e. The lowest BCUT2D eigenvalue weighted by Gasteiger charge is -2.32. The van der Waals surface area contributed by atoms with Crippen LogP contribution in [0.3, 0.4) is 0 Å². The standard InChI is InChI=1S/C28H26N2O/c1-19-10-8-11-20(18-19)25-26(30-24-15-5-4-14-23(24)29-25)21-12-9-13-22(27(21)31)28(2)16-6-3-7-17-28/h3-16,18,26,30-31H,17H2,1-2H3. The zero-order valence-electron chi connectivity index (χ0n) is 17.8. The van der Waals surface area contributed by atoms with Crippen LogP contribution in [0.25, 0.3) is 0 Å². The molecule has 2 N–H and O–H groups in total. The van der Waals surface area contributed by atoms with Gasteiger partial charge in [-0.05, 0) is 31.0 Å². The number of nitrogens with one attached hydrogen (secondary N) is 1. The predicted octanol–water partition coefficient (Wildman–Crippen LogP) is 6.76. The van der Waals surface area contributed by atoms with Gasteiger partial charge in [0.25, 0.3) is 0 Å². The number of nitrogens with zero attached hydrogens (tertiary/aromatic N) is 1. The first kappa shape index (κ1) is 19.4. The highest BCUT2D eigenvalue weighted by Gasteiger charge is 2.32. The van der Waals surface area contributed by atoms with Crippen LogP contribution in [-0.4, -0.2) is 10.8 Å². The second-order valence-electron chi connectivity index (χ2n) is 8.61. The lowest BCUT2D eigenvalue weighted by atomic mass is 9.75. The molecule has 1 aliphatic heterocycles. The normalized spacial score (nSPS) is 21.9. The predicted molar refractivity (Wildman–Crippen MR) is 129 cm³/mol. The van der Waals surface area contributed by atoms with E-state index in [0.717, 1.165) is 40.2 Å². The number of benzene rings is 3. The van der Waals surface area contributed by atoms with Crippen molar-refractivity contribution >= 4 is 17.1 Å². The average Bonchev–Trinajstić information content (AvgIpc) is 2.79. The molecule has 0 spiro atoms. The molecule has 154 valence electrons. The number of aryl methyl sites for hydroxylation is 1. The second kappa shape index (κ2) is 7.59. The van der Waals surface area contributed by atoms with Crippen molar-refractivity contribution in [2.45, 2.75) is 31.7 Å². The monoisotopic (exact) mass is 406 g/mol. The topological polar surface area (TPSA) is 44.6 Å². The van der Waals surface area contributed by atoms with Crippen molar-refractivity contribution in [1.29, 1.82) is 0 Å². The summed E-state index contributed by atoms with van der Waals surface area (Å²) in [4.78, 5) is 5.03. The fourth-order valence-corrected chi connectivity index (χ4v) is 4.55. The summed E-state index contributed by atoms with van der Waals surface area (Å²) in [5, 5.41) is 15.1. The van der Waals surface area contributed by atoms with E-state index >= 15 is 0 Å². The van der Waals surface area contributed by atoms with E-state index in [0.29, 0.717) is 5.75 Å². The Kier molecular flexibility index (Phi) is 4.74. The van der Waals surface area contributed by atoms with Gasteiger partial charge in [-0.3, -0.25) is 0 Å². The van der Waals surface area contributed by atoms with Gasteiger partial charge < -0.3 is 10.4 Å². The van der Waals surface area contributed by atoms with Crippen LogP contribution in [0, 0.1) is 6.92 Å². The number of phenols is 1. The summed E-state index contributed by atoms with van der Waals surface area (Å²) in [7, 11) is 0. The first-order valence-electron chi connectivity index (χ1n) is 10.7. The molecule has 3 aromatic carbocycles. The highest BCUT2D eigenvalue weighted by molar-refractivity contribution is 6.10. The SMILES string of the molecule is Cc1cccc(C2=Nc3ccccc3NC2c2cccc(C3(C)C=CC=CC3)c2O)c1. The Balaban J connectivity index is 1.66. The summed E-state index contributed by atoms with van der Waals surface area (Å²) in [5.41, 5.74) is 6.59. The maximum absolute atomic E-state index is 11.5. The Morgan fingerprint density at radius 1 is 1.00 bits per heavy atom. The lowest BCUT2D eigenvalue weighted by molar-refractivity contribution is 0.442. The summed E-state index contributed by atoms with van der Waals surface area (Å²) in [6, 6.07) is 22.3. The van der Waals surface area contributed by atoms with Gasteiger partial charge >= 0.3 is 0 Å². The highest BCUT2D eigenvalue weighted by Crippen LogP contribution is 2.44.